The lowest BCUT2D eigenvalue weighted by molar-refractivity contribution is 0.0268. The second kappa shape index (κ2) is 9.22. The van der Waals surface area contributed by atoms with Gasteiger partial charge in [0.1, 0.15) is 6.61 Å². The van der Waals surface area contributed by atoms with Gasteiger partial charge in [0.2, 0.25) is 11.8 Å². The van der Waals surface area contributed by atoms with Gasteiger partial charge < -0.3 is 14.7 Å². The summed E-state index contributed by atoms with van der Waals surface area (Å²) in [5.74, 6) is 1.08. The first-order valence-electron chi connectivity index (χ1n) is 10.2. The number of hydrazone groups is 1. The molecule has 1 aromatic heterocycles. The van der Waals surface area contributed by atoms with Crippen molar-refractivity contribution >= 4 is 17.9 Å². The van der Waals surface area contributed by atoms with Gasteiger partial charge in [0.05, 0.1) is 23.2 Å². The first-order chi connectivity index (χ1) is 13.8. The molecule has 0 saturated carbocycles. The Bertz CT molecular complexity index is 855. The molecule has 7 nitrogen and oxygen atoms in total. The summed E-state index contributed by atoms with van der Waals surface area (Å²) in [6, 6.07) is 7.86. The SMILES string of the molecule is Cc1ccc(N/N=C/c2cc(OCC(C)(C)O)nc(N3CCCCC3)n2)cc1C. The average Bonchev–Trinajstić information content (AvgIpc) is 2.69. The van der Waals surface area contributed by atoms with Crippen LogP contribution in [0.15, 0.2) is 29.4 Å². The molecular formula is C22H31N5O2. The highest BCUT2D eigenvalue weighted by Gasteiger charge is 2.18. The largest absolute Gasteiger partial charge is 0.474 e. The molecule has 0 unspecified atom stereocenters. The Labute approximate surface area is 172 Å². The quantitative estimate of drug-likeness (QED) is 0.548. The van der Waals surface area contributed by atoms with Crippen LogP contribution in [0.1, 0.15) is 49.9 Å². The molecule has 1 aliphatic rings. The third-order valence-electron chi connectivity index (χ3n) is 4.82. The van der Waals surface area contributed by atoms with Gasteiger partial charge in [0.25, 0.3) is 0 Å². The summed E-state index contributed by atoms with van der Waals surface area (Å²) in [6.07, 6.45) is 5.17. The average molecular weight is 398 g/mol. The first-order valence-corrected chi connectivity index (χ1v) is 10.2. The molecule has 0 bridgehead atoms. The van der Waals surface area contributed by atoms with Crippen LogP contribution in [0, 0.1) is 13.8 Å². The van der Waals surface area contributed by atoms with Crippen molar-refractivity contribution in [3.63, 3.8) is 0 Å². The van der Waals surface area contributed by atoms with Crippen LogP contribution in [0.4, 0.5) is 11.6 Å². The van der Waals surface area contributed by atoms with Crippen LogP contribution in [0.25, 0.3) is 0 Å². The van der Waals surface area contributed by atoms with Crippen LogP contribution in [-0.2, 0) is 0 Å². The Morgan fingerprint density at radius 2 is 1.90 bits per heavy atom. The smallest absolute Gasteiger partial charge is 0.229 e. The summed E-state index contributed by atoms with van der Waals surface area (Å²) in [4.78, 5) is 11.4. The van der Waals surface area contributed by atoms with E-state index >= 15 is 0 Å². The number of nitrogens with zero attached hydrogens (tertiary/aromatic N) is 4. The number of aliphatic hydroxyl groups is 1. The highest BCUT2D eigenvalue weighted by Crippen LogP contribution is 2.20. The minimum atomic E-state index is -0.935. The summed E-state index contributed by atoms with van der Waals surface area (Å²) in [7, 11) is 0. The standard InChI is InChI=1S/C22H31N5O2/c1-16-8-9-18(12-17(16)2)26-23-14-19-13-20(29-15-22(3,4)28)25-21(24-19)27-10-6-5-7-11-27/h8-9,12-14,26,28H,5-7,10-11,15H2,1-4H3/b23-14+. The van der Waals surface area contributed by atoms with Crippen molar-refractivity contribution in [2.75, 3.05) is 30.0 Å². The van der Waals surface area contributed by atoms with Crippen molar-refractivity contribution in [1.82, 2.24) is 9.97 Å². The predicted molar refractivity (Wildman–Crippen MR) is 117 cm³/mol. The molecule has 0 atom stereocenters. The van der Waals surface area contributed by atoms with Crippen LogP contribution >= 0.6 is 0 Å². The van der Waals surface area contributed by atoms with Gasteiger partial charge in [0.15, 0.2) is 0 Å². The predicted octanol–water partition coefficient (Wildman–Crippen LogP) is 3.68. The van der Waals surface area contributed by atoms with E-state index in [9.17, 15) is 5.11 Å². The molecule has 7 heteroatoms. The van der Waals surface area contributed by atoms with E-state index in [0.29, 0.717) is 17.5 Å². The van der Waals surface area contributed by atoms with E-state index in [4.69, 9.17) is 4.74 Å². The molecule has 1 aliphatic heterocycles. The lowest BCUT2D eigenvalue weighted by Gasteiger charge is -2.27. The number of ether oxygens (including phenoxy) is 1. The minimum absolute atomic E-state index is 0.154. The van der Waals surface area contributed by atoms with Crippen LogP contribution in [-0.4, -0.2) is 46.6 Å². The summed E-state index contributed by atoms with van der Waals surface area (Å²) in [5, 5.41) is 14.3. The monoisotopic (exact) mass is 397 g/mol. The number of hydrogen-bond acceptors (Lipinski definition) is 7. The maximum atomic E-state index is 9.96. The van der Waals surface area contributed by atoms with E-state index in [0.717, 1.165) is 31.6 Å². The van der Waals surface area contributed by atoms with Crippen LogP contribution < -0.4 is 15.1 Å². The zero-order chi connectivity index (χ0) is 20.9. The van der Waals surface area contributed by atoms with E-state index in [2.05, 4.69) is 51.4 Å². The third kappa shape index (κ3) is 6.42. The molecule has 0 aliphatic carbocycles. The Morgan fingerprint density at radius 1 is 1.14 bits per heavy atom. The fourth-order valence-electron chi connectivity index (χ4n) is 3.04. The molecule has 2 N–H and O–H groups in total. The van der Waals surface area contributed by atoms with Gasteiger partial charge in [-0.1, -0.05) is 6.07 Å². The number of aromatic nitrogens is 2. The minimum Gasteiger partial charge on any atom is -0.474 e. The van der Waals surface area contributed by atoms with Crippen molar-refractivity contribution in [1.29, 1.82) is 0 Å². The first kappa shape index (κ1) is 21.0. The zero-order valence-electron chi connectivity index (χ0n) is 17.8. The van der Waals surface area contributed by atoms with E-state index in [-0.39, 0.29) is 6.61 Å². The molecule has 0 radical (unpaired) electrons. The molecule has 1 aromatic carbocycles. The van der Waals surface area contributed by atoms with Gasteiger partial charge in [-0.3, -0.25) is 5.43 Å². The van der Waals surface area contributed by atoms with Crippen molar-refractivity contribution in [3.8, 4) is 5.88 Å². The Morgan fingerprint density at radius 3 is 2.59 bits per heavy atom. The lowest BCUT2D eigenvalue weighted by Crippen LogP contribution is -2.32. The molecular weight excluding hydrogens is 366 g/mol. The number of aryl methyl sites for hydroxylation is 2. The lowest BCUT2D eigenvalue weighted by atomic mass is 10.1. The normalized spacial score (nSPS) is 15.0. The van der Waals surface area contributed by atoms with Gasteiger partial charge in [-0.25, -0.2) is 4.98 Å². The maximum Gasteiger partial charge on any atom is 0.229 e. The molecule has 2 aromatic rings. The van der Waals surface area contributed by atoms with Crippen molar-refractivity contribution in [3.05, 3.63) is 41.1 Å². The highest BCUT2D eigenvalue weighted by molar-refractivity contribution is 5.78. The van der Waals surface area contributed by atoms with Crippen molar-refractivity contribution in [2.45, 2.75) is 52.6 Å². The number of benzene rings is 1. The number of rotatable bonds is 7. The second-order valence-corrected chi connectivity index (χ2v) is 8.25. The molecule has 1 fully saturated rings. The van der Waals surface area contributed by atoms with Crippen LogP contribution in [0.3, 0.4) is 0 Å². The van der Waals surface area contributed by atoms with Gasteiger partial charge in [-0.15, -0.1) is 0 Å². The van der Waals surface area contributed by atoms with Crippen molar-refractivity contribution < 1.29 is 9.84 Å². The van der Waals surface area contributed by atoms with Crippen LogP contribution in [0.5, 0.6) is 5.88 Å². The van der Waals surface area contributed by atoms with Gasteiger partial charge >= 0.3 is 0 Å². The molecule has 1 saturated heterocycles. The van der Waals surface area contributed by atoms with Crippen LogP contribution in [0.2, 0.25) is 0 Å². The fourth-order valence-corrected chi connectivity index (χ4v) is 3.04. The van der Waals surface area contributed by atoms with E-state index < -0.39 is 5.60 Å². The third-order valence-corrected chi connectivity index (χ3v) is 4.82. The van der Waals surface area contributed by atoms with Gasteiger partial charge in [0, 0.05) is 19.2 Å². The number of nitrogens with one attached hydrogen (secondary N) is 1. The van der Waals surface area contributed by atoms with E-state index in [1.165, 1.54) is 17.5 Å². The molecule has 2 heterocycles. The van der Waals surface area contributed by atoms with Gasteiger partial charge in [-0.05, 0) is 70.2 Å². The van der Waals surface area contributed by atoms with Crippen molar-refractivity contribution in [2.24, 2.45) is 5.10 Å². The zero-order valence-corrected chi connectivity index (χ0v) is 17.8. The Hall–Kier alpha value is -2.67. The fraction of sp³-hybridized carbons (Fsp3) is 0.500. The number of piperidine rings is 1. The molecule has 0 amide bonds. The second-order valence-electron chi connectivity index (χ2n) is 8.25. The summed E-state index contributed by atoms with van der Waals surface area (Å²) in [6.45, 7) is 9.59. The van der Waals surface area contributed by atoms with E-state index in [1.807, 2.05) is 6.07 Å². The summed E-state index contributed by atoms with van der Waals surface area (Å²) in [5.41, 5.74) is 6.15. The molecule has 29 heavy (non-hydrogen) atoms. The highest BCUT2D eigenvalue weighted by atomic mass is 16.5. The maximum absolute atomic E-state index is 9.96. The Balaban J connectivity index is 1.78. The molecule has 3 rings (SSSR count). The van der Waals surface area contributed by atoms with E-state index in [1.54, 1.807) is 26.1 Å². The summed E-state index contributed by atoms with van der Waals surface area (Å²) >= 11 is 0. The number of anilines is 2. The summed E-state index contributed by atoms with van der Waals surface area (Å²) < 4.78 is 5.73. The molecule has 0 spiro atoms. The molecule has 156 valence electrons. The topological polar surface area (TPSA) is 82.9 Å². The van der Waals surface area contributed by atoms with Gasteiger partial charge in [-0.2, -0.15) is 10.1 Å². The Kier molecular flexibility index (Phi) is 6.69. The number of hydrogen-bond donors (Lipinski definition) is 2.